The monoisotopic (exact) mass is 357 g/mol. The summed E-state index contributed by atoms with van der Waals surface area (Å²) in [5.41, 5.74) is 1.97. The first-order chi connectivity index (χ1) is 12.6. The van der Waals surface area contributed by atoms with Crippen molar-refractivity contribution in [2.75, 3.05) is 13.2 Å². The van der Waals surface area contributed by atoms with E-state index in [1.165, 1.54) is 4.90 Å². The zero-order valence-electron chi connectivity index (χ0n) is 15.4. The van der Waals surface area contributed by atoms with Gasteiger partial charge < -0.3 is 19.5 Å². The third kappa shape index (κ3) is 6.86. The van der Waals surface area contributed by atoms with E-state index in [1.807, 2.05) is 74.5 Å². The minimum atomic E-state index is -0.773. The summed E-state index contributed by atoms with van der Waals surface area (Å²) in [6.07, 6.45) is -1.21. The second kappa shape index (κ2) is 10.6. The van der Waals surface area contributed by atoms with Crippen LogP contribution >= 0.6 is 0 Å². The molecule has 0 radical (unpaired) electrons. The maximum atomic E-state index is 12.3. The van der Waals surface area contributed by atoms with Gasteiger partial charge in [-0.3, -0.25) is 0 Å². The number of benzene rings is 2. The lowest BCUT2D eigenvalue weighted by Gasteiger charge is -2.28. The van der Waals surface area contributed by atoms with E-state index in [1.54, 1.807) is 0 Å². The number of hydrogen-bond acceptors (Lipinski definition) is 4. The molecule has 0 saturated heterocycles. The van der Waals surface area contributed by atoms with Crippen LogP contribution in [0, 0.1) is 0 Å². The quantitative estimate of drug-likeness (QED) is 0.745. The van der Waals surface area contributed by atoms with E-state index in [9.17, 15) is 9.90 Å². The van der Waals surface area contributed by atoms with Gasteiger partial charge in [0.25, 0.3) is 0 Å². The topological polar surface area (TPSA) is 59.0 Å². The third-order valence-corrected chi connectivity index (χ3v) is 3.89. The van der Waals surface area contributed by atoms with Gasteiger partial charge in [0.1, 0.15) is 6.61 Å². The Morgan fingerprint density at radius 2 is 1.50 bits per heavy atom. The minimum Gasteiger partial charge on any atom is -0.445 e. The summed E-state index contributed by atoms with van der Waals surface area (Å²) in [7, 11) is 0. The molecule has 2 aromatic rings. The predicted molar refractivity (Wildman–Crippen MR) is 101 cm³/mol. The smallest absolute Gasteiger partial charge is 0.410 e. The van der Waals surface area contributed by atoms with Crippen LogP contribution in [0.25, 0.3) is 0 Å². The second-order valence-electron chi connectivity index (χ2n) is 6.44. The van der Waals surface area contributed by atoms with Crippen LogP contribution in [0.15, 0.2) is 60.7 Å². The van der Waals surface area contributed by atoms with E-state index in [0.29, 0.717) is 6.61 Å². The van der Waals surface area contributed by atoms with Crippen molar-refractivity contribution < 1.29 is 19.4 Å². The summed E-state index contributed by atoms with van der Waals surface area (Å²) in [5.74, 6) is 0. The molecule has 1 unspecified atom stereocenters. The number of amides is 1. The van der Waals surface area contributed by atoms with E-state index in [0.717, 1.165) is 11.1 Å². The fourth-order valence-electron chi connectivity index (χ4n) is 2.47. The average molecular weight is 357 g/mol. The minimum absolute atomic E-state index is 0.0814. The lowest BCUT2D eigenvalue weighted by atomic mass is 10.2. The van der Waals surface area contributed by atoms with Crippen LogP contribution < -0.4 is 0 Å². The Bertz CT molecular complexity index is 646. The molecule has 5 heteroatoms. The molecule has 0 spiro atoms. The Balaban J connectivity index is 1.77. The molecule has 0 heterocycles. The standard InChI is InChI=1S/C21H27NO4/c1-17(2)22(21(24)26-15-19-11-7-4-8-12-19)13-20(23)16-25-14-18-9-5-3-6-10-18/h3-12,17,20,23H,13-16H2,1-2H3. The summed E-state index contributed by atoms with van der Waals surface area (Å²) in [6, 6.07) is 19.2. The molecule has 26 heavy (non-hydrogen) atoms. The van der Waals surface area contributed by atoms with E-state index in [2.05, 4.69) is 0 Å². The van der Waals surface area contributed by atoms with Gasteiger partial charge in [-0.25, -0.2) is 4.79 Å². The Labute approximate surface area is 155 Å². The average Bonchev–Trinajstić information content (AvgIpc) is 2.65. The molecule has 0 bridgehead atoms. The maximum absolute atomic E-state index is 12.3. The second-order valence-corrected chi connectivity index (χ2v) is 6.44. The summed E-state index contributed by atoms with van der Waals surface area (Å²) >= 11 is 0. The number of aliphatic hydroxyl groups excluding tert-OH is 1. The molecule has 1 N–H and O–H groups in total. The van der Waals surface area contributed by atoms with Crippen molar-refractivity contribution in [3.05, 3.63) is 71.8 Å². The molecule has 1 amide bonds. The van der Waals surface area contributed by atoms with Crippen molar-refractivity contribution >= 4 is 6.09 Å². The number of ether oxygens (including phenoxy) is 2. The van der Waals surface area contributed by atoms with Crippen molar-refractivity contribution in [3.63, 3.8) is 0 Å². The molecule has 0 fully saturated rings. The Hall–Kier alpha value is -2.37. The Morgan fingerprint density at radius 3 is 2.04 bits per heavy atom. The van der Waals surface area contributed by atoms with Gasteiger partial charge in [-0.05, 0) is 25.0 Å². The number of aliphatic hydroxyl groups is 1. The number of nitrogens with zero attached hydrogens (tertiary/aromatic N) is 1. The number of rotatable bonds is 9. The van der Waals surface area contributed by atoms with E-state index in [4.69, 9.17) is 9.47 Å². The first kappa shape index (κ1) is 19.9. The highest BCUT2D eigenvalue weighted by Crippen LogP contribution is 2.08. The van der Waals surface area contributed by atoms with Crippen LogP contribution in [0.1, 0.15) is 25.0 Å². The summed E-state index contributed by atoms with van der Waals surface area (Å²) in [6.45, 7) is 4.74. The molecule has 0 aromatic heterocycles. The largest absolute Gasteiger partial charge is 0.445 e. The number of carbonyl (C=O) groups excluding carboxylic acids is 1. The van der Waals surface area contributed by atoms with Crippen LogP contribution in [0.3, 0.4) is 0 Å². The molecule has 2 aromatic carbocycles. The zero-order valence-corrected chi connectivity index (χ0v) is 15.4. The van der Waals surface area contributed by atoms with Crippen LogP contribution in [0.2, 0.25) is 0 Å². The van der Waals surface area contributed by atoms with E-state index < -0.39 is 12.2 Å². The molecular formula is C21H27NO4. The molecule has 0 aliphatic carbocycles. The fraction of sp³-hybridized carbons (Fsp3) is 0.381. The van der Waals surface area contributed by atoms with E-state index in [-0.39, 0.29) is 25.8 Å². The Morgan fingerprint density at radius 1 is 0.962 bits per heavy atom. The van der Waals surface area contributed by atoms with Crippen molar-refractivity contribution in [1.82, 2.24) is 4.90 Å². The van der Waals surface area contributed by atoms with Gasteiger partial charge in [-0.15, -0.1) is 0 Å². The van der Waals surface area contributed by atoms with Gasteiger partial charge in [0.2, 0.25) is 0 Å². The van der Waals surface area contributed by atoms with Crippen LogP contribution in [-0.2, 0) is 22.7 Å². The van der Waals surface area contributed by atoms with E-state index >= 15 is 0 Å². The summed E-state index contributed by atoms with van der Waals surface area (Å²) in [4.78, 5) is 13.9. The molecular weight excluding hydrogens is 330 g/mol. The van der Waals surface area contributed by atoms with Gasteiger partial charge in [-0.1, -0.05) is 60.7 Å². The van der Waals surface area contributed by atoms with Gasteiger partial charge in [0.15, 0.2) is 0 Å². The summed E-state index contributed by atoms with van der Waals surface area (Å²) in [5, 5.41) is 10.2. The molecule has 0 aliphatic rings. The fourth-order valence-corrected chi connectivity index (χ4v) is 2.47. The van der Waals surface area contributed by atoms with Gasteiger partial charge in [0, 0.05) is 6.04 Å². The lowest BCUT2D eigenvalue weighted by Crippen LogP contribution is -2.43. The van der Waals surface area contributed by atoms with Gasteiger partial charge >= 0.3 is 6.09 Å². The molecule has 0 aliphatic heterocycles. The molecule has 5 nitrogen and oxygen atoms in total. The van der Waals surface area contributed by atoms with Crippen molar-refractivity contribution in [1.29, 1.82) is 0 Å². The normalized spacial score (nSPS) is 12.0. The first-order valence-corrected chi connectivity index (χ1v) is 8.83. The molecule has 140 valence electrons. The number of hydrogen-bond donors (Lipinski definition) is 1. The highest BCUT2D eigenvalue weighted by Gasteiger charge is 2.22. The third-order valence-electron chi connectivity index (χ3n) is 3.89. The predicted octanol–water partition coefficient (Wildman–Crippen LogP) is 3.61. The van der Waals surface area contributed by atoms with Crippen LogP contribution in [0.5, 0.6) is 0 Å². The van der Waals surface area contributed by atoms with Crippen LogP contribution in [0.4, 0.5) is 4.79 Å². The van der Waals surface area contributed by atoms with Crippen molar-refractivity contribution in [3.8, 4) is 0 Å². The van der Waals surface area contributed by atoms with Crippen molar-refractivity contribution in [2.24, 2.45) is 0 Å². The molecule has 2 rings (SSSR count). The zero-order chi connectivity index (χ0) is 18.8. The highest BCUT2D eigenvalue weighted by atomic mass is 16.6. The van der Waals surface area contributed by atoms with Gasteiger partial charge in [0.05, 0.1) is 25.9 Å². The SMILES string of the molecule is CC(C)N(CC(O)COCc1ccccc1)C(=O)OCc1ccccc1. The molecule has 1 atom stereocenters. The van der Waals surface area contributed by atoms with Crippen molar-refractivity contribution in [2.45, 2.75) is 39.2 Å². The number of carbonyl (C=O) groups is 1. The highest BCUT2D eigenvalue weighted by molar-refractivity contribution is 5.68. The van der Waals surface area contributed by atoms with Crippen LogP contribution in [-0.4, -0.2) is 41.4 Å². The van der Waals surface area contributed by atoms with Gasteiger partial charge in [-0.2, -0.15) is 0 Å². The Kier molecular flexibility index (Phi) is 8.12. The maximum Gasteiger partial charge on any atom is 0.410 e. The summed E-state index contributed by atoms with van der Waals surface area (Å²) < 4.78 is 10.9. The lowest BCUT2D eigenvalue weighted by molar-refractivity contribution is 0.00212. The molecule has 0 saturated carbocycles. The first-order valence-electron chi connectivity index (χ1n) is 8.83.